The summed E-state index contributed by atoms with van der Waals surface area (Å²) >= 11 is 0. The van der Waals surface area contributed by atoms with Crippen molar-refractivity contribution in [3.05, 3.63) is 13.2 Å². The fraction of sp³-hybridized carbons (Fsp3) is 0. The first kappa shape index (κ1) is 10.5. The highest BCUT2D eigenvalue weighted by molar-refractivity contribution is 5.93. The van der Waals surface area contributed by atoms with Crippen LogP contribution < -0.4 is 16.8 Å². The Morgan fingerprint density at radius 1 is 1.11 bits per heavy atom. The van der Waals surface area contributed by atoms with Crippen LogP contribution in [0.5, 0.6) is 0 Å². The van der Waals surface area contributed by atoms with Gasteiger partial charge in [0, 0.05) is 0 Å². The van der Waals surface area contributed by atoms with Crippen molar-refractivity contribution in [2.24, 2.45) is 11.5 Å². The largest absolute Gasteiger partial charge is 0.370 e. The maximum Gasteiger partial charge on any atom is 0.192 e. The van der Waals surface area contributed by atoms with Crippen molar-refractivity contribution in [3.63, 3.8) is 0 Å². The predicted molar refractivity (Wildman–Crippen MR) is 38.2 cm³/mol. The van der Waals surface area contributed by atoms with Gasteiger partial charge < -0.3 is 11.5 Å². The first-order chi connectivity index (χ1) is 4.13. The summed E-state index contributed by atoms with van der Waals surface area (Å²) in [6.07, 6.45) is 0. The summed E-state index contributed by atoms with van der Waals surface area (Å²) in [5, 5.41) is 15.0. The van der Waals surface area contributed by atoms with Crippen LogP contribution in [0.4, 0.5) is 0 Å². The van der Waals surface area contributed by atoms with Crippen molar-refractivity contribution in [1.82, 2.24) is 5.32 Å². The summed E-state index contributed by atoms with van der Waals surface area (Å²) in [6.45, 7) is 6.00. The molecule has 0 aromatic carbocycles. The molecule has 9 heavy (non-hydrogen) atoms. The van der Waals surface area contributed by atoms with Crippen molar-refractivity contribution in [1.29, 1.82) is 10.8 Å². The molecule has 0 aromatic heterocycles. The van der Waals surface area contributed by atoms with Gasteiger partial charge in [-0.1, -0.05) is 0 Å². The lowest BCUT2D eigenvalue weighted by Gasteiger charge is -1.95. The van der Waals surface area contributed by atoms with Crippen LogP contribution in [-0.2, 0) is 0 Å². The number of guanidine groups is 2. The van der Waals surface area contributed by atoms with E-state index in [1.54, 1.807) is 0 Å². The molecular formula is C4H11N5. The zero-order valence-corrected chi connectivity index (χ0v) is 5.07. The quantitative estimate of drug-likeness (QED) is 0.167. The van der Waals surface area contributed by atoms with Crippen molar-refractivity contribution in [2.45, 2.75) is 0 Å². The second-order valence-corrected chi connectivity index (χ2v) is 0.952. The van der Waals surface area contributed by atoms with E-state index in [1.807, 2.05) is 5.32 Å². The minimum absolute atomic E-state index is 0.312. The monoisotopic (exact) mass is 129 g/mol. The molecule has 5 nitrogen and oxygen atoms in total. The van der Waals surface area contributed by atoms with Crippen molar-refractivity contribution >= 4 is 11.9 Å². The molecule has 0 spiro atoms. The summed E-state index contributed by atoms with van der Waals surface area (Å²) in [7, 11) is 0. The zero-order chi connectivity index (χ0) is 7.86. The SMILES string of the molecule is C=C.N=C(N)NC(=N)N. The fourth-order valence-electron chi connectivity index (χ4n) is 0.145. The molecule has 0 aliphatic rings. The Morgan fingerprint density at radius 2 is 1.33 bits per heavy atom. The van der Waals surface area contributed by atoms with Crippen LogP contribution in [0.25, 0.3) is 0 Å². The standard InChI is InChI=1S/C2H7N5.C2H4/c3-1(4)7-2(5)6;1-2/h(H7,3,4,5,6,7);1-2H2. The number of nitrogens with two attached hydrogens (primary N) is 2. The maximum atomic E-state index is 6.47. The molecule has 0 amide bonds. The van der Waals surface area contributed by atoms with Crippen LogP contribution >= 0.6 is 0 Å². The van der Waals surface area contributed by atoms with Crippen LogP contribution in [0.1, 0.15) is 0 Å². The minimum Gasteiger partial charge on any atom is -0.370 e. The van der Waals surface area contributed by atoms with Gasteiger partial charge in [0.05, 0.1) is 0 Å². The van der Waals surface area contributed by atoms with E-state index in [4.69, 9.17) is 22.3 Å². The molecule has 0 rings (SSSR count). The lowest BCUT2D eigenvalue weighted by atomic mass is 10.9. The number of hydrogen-bond acceptors (Lipinski definition) is 2. The van der Waals surface area contributed by atoms with E-state index in [2.05, 4.69) is 13.2 Å². The normalized spacial score (nSPS) is 6.22. The minimum atomic E-state index is -0.312. The molecule has 0 aromatic rings. The Morgan fingerprint density at radius 3 is 1.33 bits per heavy atom. The molecular weight excluding hydrogens is 118 g/mol. The summed E-state index contributed by atoms with van der Waals surface area (Å²) < 4.78 is 0. The van der Waals surface area contributed by atoms with E-state index in [9.17, 15) is 0 Å². The van der Waals surface area contributed by atoms with Gasteiger partial charge in [-0.2, -0.15) is 0 Å². The molecule has 0 aliphatic heterocycles. The first-order valence-corrected chi connectivity index (χ1v) is 2.08. The van der Waals surface area contributed by atoms with Crippen molar-refractivity contribution < 1.29 is 0 Å². The van der Waals surface area contributed by atoms with Crippen LogP contribution in [0.15, 0.2) is 13.2 Å². The van der Waals surface area contributed by atoms with Crippen LogP contribution in [0, 0.1) is 10.8 Å². The molecule has 0 saturated carbocycles. The lowest BCUT2D eigenvalue weighted by molar-refractivity contribution is 1.19. The molecule has 0 bridgehead atoms. The topological polar surface area (TPSA) is 112 Å². The highest BCUT2D eigenvalue weighted by Crippen LogP contribution is 1.44. The summed E-state index contributed by atoms with van der Waals surface area (Å²) in [6, 6.07) is 0. The van der Waals surface area contributed by atoms with Gasteiger partial charge in [-0.25, -0.2) is 0 Å². The Labute approximate surface area is 53.8 Å². The van der Waals surface area contributed by atoms with E-state index in [1.165, 1.54) is 0 Å². The third kappa shape index (κ3) is 21.1. The molecule has 0 unspecified atom stereocenters. The van der Waals surface area contributed by atoms with Crippen LogP contribution in [0.2, 0.25) is 0 Å². The van der Waals surface area contributed by atoms with Crippen molar-refractivity contribution in [2.75, 3.05) is 0 Å². The van der Waals surface area contributed by atoms with Crippen LogP contribution in [-0.4, -0.2) is 11.9 Å². The highest BCUT2D eigenvalue weighted by atomic mass is 15.1. The number of rotatable bonds is 0. The van der Waals surface area contributed by atoms with E-state index >= 15 is 0 Å². The third-order valence-corrected chi connectivity index (χ3v) is 0.269. The molecule has 5 heteroatoms. The van der Waals surface area contributed by atoms with Gasteiger partial charge >= 0.3 is 0 Å². The Balaban J connectivity index is 0. The van der Waals surface area contributed by atoms with Gasteiger partial charge in [-0.3, -0.25) is 16.1 Å². The number of hydrogen-bond donors (Lipinski definition) is 5. The van der Waals surface area contributed by atoms with Gasteiger partial charge in [0.25, 0.3) is 0 Å². The lowest BCUT2D eigenvalue weighted by Crippen LogP contribution is -2.39. The molecule has 0 atom stereocenters. The smallest absolute Gasteiger partial charge is 0.192 e. The van der Waals surface area contributed by atoms with Crippen LogP contribution in [0.3, 0.4) is 0 Å². The molecule has 52 valence electrons. The Bertz CT molecular complexity index is 95.5. The van der Waals surface area contributed by atoms with Gasteiger partial charge in [0.15, 0.2) is 11.9 Å². The second-order valence-electron chi connectivity index (χ2n) is 0.952. The Kier molecular flexibility index (Phi) is 7.53. The molecule has 0 saturated heterocycles. The third-order valence-electron chi connectivity index (χ3n) is 0.269. The highest BCUT2D eigenvalue weighted by Gasteiger charge is 1.83. The molecule has 0 radical (unpaired) electrons. The molecule has 0 heterocycles. The van der Waals surface area contributed by atoms with E-state index in [0.29, 0.717) is 0 Å². The Hall–Kier alpha value is -1.52. The fourth-order valence-corrected chi connectivity index (χ4v) is 0.145. The first-order valence-electron chi connectivity index (χ1n) is 2.08. The summed E-state index contributed by atoms with van der Waals surface area (Å²) in [5.74, 6) is -0.625. The van der Waals surface area contributed by atoms with Crippen molar-refractivity contribution in [3.8, 4) is 0 Å². The van der Waals surface area contributed by atoms with E-state index < -0.39 is 0 Å². The van der Waals surface area contributed by atoms with Gasteiger partial charge in [-0.05, 0) is 0 Å². The molecule has 0 fully saturated rings. The predicted octanol–water partition coefficient (Wildman–Crippen LogP) is -0.835. The van der Waals surface area contributed by atoms with E-state index in [0.717, 1.165) is 0 Å². The average molecular weight is 129 g/mol. The van der Waals surface area contributed by atoms with Gasteiger partial charge in [-0.15, -0.1) is 13.2 Å². The molecule has 0 aliphatic carbocycles. The average Bonchev–Trinajstić information content (AvgIpc) is 1.68. The maximum absolute atomic E-state index is 6.47. The summed E-state index contributed by atoms with van der Waals surface area (Å²) in [5.41, 5.74) is 9.49. The molecule has 7 N–H and O–H groups in total. The summed E-state index contributed by atoms with van der Waals surface area (Å²) in [4.78, 5) is 0. The van der Waals surface area contributed by atoms with E-state index in [-0.39, 0.29) is 11.9 Å². The van der Waals surface area contributed by atoms with Gasteiger partial charge in [0.2, 0.25) is 0 Å². The zero-order valence-electron chi connectivity index (χ0n) is 5.07. The van der Waals surface area contributed by atoms with Gasteiger partial charge in [0.1, 0.15) is 0 Å². The number of nitrogens with one attached hydrogen (secondary N) is 3. The second kappa shape index (κ2) is 6.48.